The zero-order chi connectivity index (χ0) is 28.7. The van der Waals surface area contributed by atoms with Crippen molar-refractivity contribution in [1.82, 2.24) is 39.3 Å². The van der Waals surface area contributed by atoms with Crippen LogP contribution in [-0.4, -0.2) is 64.9 Å². The Morgan fingerprint density at radius 2 is 1.93 bits per heavy atom. The molecule has 5 aromatic rings. The van der Waals surface area contributed by atoms with Crippen LogP contribution in [0.3, 0.4) is 0 Å². The Balaban J connectivity index is 1.48. The summed E-state index contributed by atoms with van der Waals surface area (Å²) >= 11 is 0. The second-order valence-electron chi connectivity index (χ2n) is 9.38. The Bertz CT molecular complexity index is 1880. The molecule has 1 aliphatic heterocycles. The Morgan fingerprint density at radius 1 is 1.10 bits per heavy atom. The van der Waals surface area contributed by atoms with Gasteiger partial charge in [0.15, 0.2) is 11.5 Å². The Kier molecular flexibility index (Phi) is 6.27. The molecule has 1 fully saturated rings. The topological polar surface area (TPSA) is 159 Å². The Morgan fingerprint density at radius 3 is 2.66 bits per heavy atom. The van der Waals surface area contributed by atoms with Gasteiger partial charge < -0.3 is 10.6 Å². The normalized spacial score (nSPS) is 13.3. The summed E-state index contributed by atoms with van der Waals surface area (Å²) in [5.41, 5.74) is 9.55. The lowest BCUT2D eigenvalue weighted by atomic mass is 9.99. The summed E-state index contributed by atoms with van der Waals surface area (Å²) in [7, 11) is 1.53. The van der Waals surface area contributed by atoms with Crippen LogP contribution in [0.15, 0.2) is 61.1 Å². The van der Waals surface area contributed by atoms with Crippen molar-refractivity contribution in [2.75, 3.05) is 19.3 Å². The molecule has 3 aromatic heterocycles. The van der Waals surface area contributed by atoms with E-state index in [1.807, 2.05) is 0 Å². The Hall–Kier alpha value is -5.77. The number of carbonyl (C=O) groups excluding carboxylic acids is 2. The zero-order valence-corrected chi connectivity index (χ0v) is 21.7. The lowest BCUT2D eigenvalue weighted by Gasteiger charge is -2.16. The number of imide groups is 1. The van der Waals surface area contributed by atoms with Gasteiger partial charge in [-0.25, -0.2) is 29.1 Å². The molecule has 2 aromatic carbocycles. The average molecular weight is 549 g/mol. The summed E-state index contributed by atoms with van der Waals surface area (Å²) in [4.78, 5) is 44.9. The monoisotopic (exact) mass is 548 g/mol. The van der Waals surface area contributed by atoms with Gasteiger partial charge in [0.25, 0.3) is 5.91 Å². The molecule has 202 valence electrons. The summed E-state index contributed by atoms with van der Waals surface area (Å²) < 4.78 is 16.5. The summed E-state index contributed by atoms with van der Waals surface area (Å²) in [6.45, 7) is -0.125. The maximum atomic E-state index is 15.2. The van der Waals surface area contributed by atoms with E-state index in [-0.39, 0.29) is 42.8 Å². The van der Waals surface area contributed by atoms with E-state index in [4.69, 9.17) is 10.7 Å². The van der Waals surface area contributed by atoms with Gasteiger partial charge in [0.1, 0.15) is 18.7 Å². The molecular weight excluding hydrogens is 527 g/mol. The van der Waals surface area contributed by atoms with E-state index in [0.717, 1.165) is 4.90 Å². The predicted octanol–water partition coefficient (Wildman–Crippen LogP) is 2.83. The highest BCUT2D eigenvalue weighted by atomic mass is 19.1. The molecule has 0 unspecified atom stereocenters. The summed E-state index contributed by atoms with van der Waals surface area (Å²) in [6.07, 6.45) is 2.89. The van der Waals surface area contributed by atoms with E-state index >= 15 is 4.39 Å². The number of nitriles is 1. The minimum atomic E-state index is -0.528. The molecule has 0 saturated carbocycles. The second-order valence-corrected chi connectivity index (χ2v) is 9.38. The number of hydrogen-bond donors (Lipinski definition) is 1. The molecule has 6 rings (SSSR count). The third-order valence-corrected chi connectivity index (χ3v) is 6.81. The number of rotatable bonds is 6. The lowest BCUT2D eigenvalue weighted by Crippen LogP contribution is -2.31. The highest BCUT2D eigenvalue weighted by Gasteiger charge is 2.34. The second kappa shape index (κ2) is 10.1. The first kappa shape index (κ1) is 25.5. The van der Waals surface area contributed by atoms with Gasteiger partial charge in [0, 0.05) is 30.8 Å². The summed E-state index contributed by atoms with van der Waals surface area (Å²) in [5.74, 6) is -0.664. The number of aromatic nitrogens is 6. The molecule has 1 aliphatic rings. The maximum absolute atomic E-state index is 15.2. The van der Waals surface area contributed by atoms with Gasteiger partial charge in [-0.2, -0.15) is 9.78 Å². The van der Waals surface area contributed by atoms with Crippen LogP contribution in [0.4, 0.5) is 15.1 Å². The smallest absolute Gasteiger partial charge is 0.327 e. The summed E-state index contributed by atoms with van der Waals surface area (Å²) in [5, 5.41) is 14.3. The van der Waals surface area contributed by atoms with Crippen molar-refractivity contribution in [1.29, 1.82) is 5.26 Å². The highest BCUT2D eigenvalue weighted by Crippen LogP contribution is 2.35. The largest absolute Gasteiger partial charge is 0.368 e. The number of benzene rings is 2. The molecule has 0 radical (unpaired) electrons. The number of urea groups is 1. The molecule has 0 atom stereocenters. The number of nitrogens with zero attached hydrogens (tertiary/aromatic N) is 9. The van der Waals surface area contributed by atoms with Crippen LogP contribution < -0.4 is 5.73 Å². The average Bonchev–Trinajstić information content (AvgIpc) is 3.51. The van der Waals surface area contributed by atoms with E-state index in [9.17, 15) is 14.9 Å². The van der Waals surface area contributed by atoms with Crippen molar-refractivity contribution in [3.8, 4) is 28.6 Å². The quantitative estimate of drug-likeness (QED) is 0.315. The fraction of sp³-hybridized carbons (Fsp3) is 0.143. The van der Waals surface area contributed by atoms with Crippen molar-refractivity contribution < 1.29 is 14.0 Å². The van der Waals surface area contributed by atoms with Crippen molar-refractivity contribution in [2.24, 2.45) is 0 Å². The molecule has 2 N–H and O–H groups in total. The van der Waals surface area contributed by atoms with E-state index in [1.54, 1.807) is 42.6 Å². The number of fused-ring (bicyclic) bond motifs is 1. The van der Waals surface area contributed by atoms with Crippen LogP contribution in [0.25, 0.3) is 28.2 Å². The molecule has 13 heteroatoms. The van der Waals surface area contributed by atoms with Gasteiger partial charge in [-0.15, -0.1) is 5.10 Å². The van der Waals surface area contributed by atoms with Gasteiger partial charge in [0.2, 0.25) is 5.95 Å². The fourth-order valence-corrected chi connectivity index (χ4v) is 4.83. The number of likely N-dealkylation sites (N-methyl/N-ethyl adjacent to an activating group) is 1. The molecule has 1 saturated heterocycles. The van der Waals surface area contributed by atoms with Crippen molar-refractivity contribution in [2.45, 2.75) is 13.0 Å². The number of amides is 3. The van der Waals surface area contributed by atoms with E-state index < -0.39 is 11.8 Å². The summed E-state index contributed by atoms with van der Waals surface area (Å²) in [6, 6.07) is 14.8. The molecule has 0 spiro atoms. The Labute approximate surface area is 232 Å². The van der Waals surface area contributed by atoms with Gasteiger partial charge in [-0.1, -0.05) is 30.3 Å². The first-order chi connectivity index (χ1) is 19.9. The van der Waals surface area contributed by atoms with E-state index in [1.165, 1.54) is 34.9 Å². The van der Waals surface area contributed by atoms with Gasteiger partial charge in [-0.3, -0.25) is 9.69 Å². The zero-order valence-electron chi connectivity index (χ0n) is 21.7. The SMILES string of the molecule is CN1CC(=O)N(Cc2cccc(F)c2Cc2nc3c(-c4ccncn4)c(-c4ccccc4C#N)nc(N)n3n2)C1=O. The van der Waals surface area contributed by atoms with Crippen LogP contribution in [0.5, 0.6) is 0 Å². The molecular formula is C28H21FN10O2. The number of anilines is 1. The number of carbonyl (C=O) groups is 2. The highest BCUT2D eigenvalue weighted by molar-refractivity contribution is 6.01. The van der Waals surface area contributed by atoms with Crippen molar-refractivity contribution >= 4 is 23.5 Å². The molecule has 0 bridgehead atoms. The molecule has 4 heterocycles. The number of nitrogens with two attached hydrogens (primary N) is 1. The molecule has 0 aliphatic carbocycles. The predicted molar refractivity (Wildman–Crippen MR) is 144 cm³/mol. The van der Waals surface area contributed by atoms with Gasteiger partial charge in [-0.05, 0) is 23.8 Å². The molecule has 3 amide bonds. The number of halogens is 1. The number of hydrogen-bond acceptors (Lipinski definition) is 9. The van der Waals surface area contributed by atoms with Crippen LogP contribution in [-0.2, 0) is 17.8 Å². The van der Waals surface area contributed by atoms with Crippen LogP contribution in [0.1, 0.15) is 22.5 Å². The van der Waals surface area contributed by atoms with Gasteiger partial charge >= 0.3 is 6.03 Å². The lowest BCUT2D eigenvalue weighted by molar-refractivity contribution is -0.125. The number of nitrogen functional groups attached to an aromatic ring is 1. The minimum Gasteiger partial charge on any atom is -0.368 e. The van der Waals surface area contributed by atoms with E-state index in [2.05, 4.69) is 26.1 Å². The van der Waals surface area contributed by atoms with Crippen LogP contribution in [0, 0.1) is 17.1 Å². The third kappa shape index (κ3) is 4.47. The first-order valence-electron chi connectivity index (χ1n) is 12.5. The van der Waals surface area contributed by atoms with E-state index in [0.29, 0.717) is 39.3 Å². The van der Waals surface area contributed by atoms with Crippen LogP contribution >= 0.6 is 0 Å². The van der Waals surface area contributed by atoms with Crippen LogP contribution in [0.2, 0.25) is 0 Å². The van der Waals surface area contributed by atoms with Crippen molar-refractivity contribution in [3.63, 3.8) is 0 Å². The molecule has 12 nitrogen and oxygen atoms in total. The standard InChI is InChI=1S/C28H21FN10O2/c1-37-14-23(40)38(28(37)41)13-17-6-4-8-20(29)19(17)11-22-34-26-24(21-9-10-32-15-33-21)25(35-27(31)39(26)36-22)18-7-3-2-5-16(18)12-30/h2-10,15H,11,13-14H2,1H3,(H2,31,35). The fourth-order valence-electron chi connectivity index (χ4n) is 4.83. The maximum Gasteiger partial charge on any atom is 0.327 e. The third-order valence-electron chi connectivity index (χ3n) is 6.81. The first-order valence-corrected chi connectivity index (χ1v) is 12.5. The molecule has 41 heavy (non-hydrogen) atoms. The minimum absolute atomic E-state index is 0.00403. The van der Waals surface area contributed by atoms with Gasteiger partial charge in [0.05, 0.1) is 35.1 Å². The van der Waals surface area contributed by atoms with Crippen molar-refractivity contribution in [3.05, 3.63) is 89.4 Å².